The lowest BCUT2D eigenvalue weighted by atomic mass is 10.2. The van der Waals surface area contributed by atoms with Crippen molar-refractivity contribution in [1.29, 1.82) is 0 Å². The van der Waals surface area contributed by atoms with Gasteiger partial charge in [-0.05, 0) is 48.5 Å². The molecule has 0 aromatic heterocycles. The zero-order chi connectivity index (χ0) is 20.1. The summed E-state index contributed by atoms with van der Waals surface area (Å²) < 4.78 is 22.8. The highest BCUT2D eigenvalue weighted by atomic mass is 35.5. The number of carbonyl (C=O) groups is 1. The molecule has 7 nitrogen and oxygen atoms in total. The van der Waals surface area contributed by atoms with E-state index in [2.05, 4.69) is 4.36 Å². The third-order valence-electron chi connectivity index (χ3n) is 3.59. The van der Waals surface area contributed by atoms with Crippen LogP contribution >= 0.6 is 11.6 Å². The van der Waals surface area contributed by atoms with E-state index in [4.69, 9.17) is 15.8 Å². The maximum Gasteiger partial charge on any atom is 0.287 e. The number of nitro groups is 1. The number of non-ortho nitro benzene ring substituents is 1. The molecule has 3 aromatic carbocycles. The number of amides is 1. The Bertz CT molecular complexity index is 1120. The summed E-state index contributed by atoms with van der Waals surface area (Å²) in [5.74, 6) is -0.655. The number of rotatable bonds is 5. The normalized spacial score (nSPS) is 12.6. The molecule has 0 spiro atoms. The van der Waals surface area contributed by atoms with Crippen LogP contribution in [0.2, 0.25) is 5.02 Å². The van der Waals surface area contributed by atoms with E-state index in [1.807, 2.05) is 0 Å². The lowest BCUT2D eigenvalue weighted by molar-refractivity contribution is -0.384. The van der Waals surface area contributed by atoms with Gasteiger partial charge in [-0.15, -0.1) is 4.36 Å². The van der Waals surface area contributed by atoms with E-state index in [9.17, 15) is 19.1 Å². The van der Waals surface area contributed by atoms with Gasteiger partial charge < -0.3 is 4.18 Å². The quantitative estimate of drug-likeness (QED) is 0.434. The highest BCUT2D eigenvalue weighted by molar-refractivity contribution is 7.89. The minimum absolute atomic E-state index is 0.0650. The van der Waals surface area contributed by atoms with Crippen LogP contribution in [-0.4, -0.2) is 15.0 Å². The first-order valence-corrected chi connectivity index (χ1v) is 9.75. The zero-order valence-electron chi connectivity index (χ0n) is 14.2. The molecule has 0 aliphatic heterocycles. The topological polar surface area (TPSA) is 98.9 Å². The second-order valence-electron chi connectivity index (χ2n) is 5.53. The Balaban J connectivity index is 2.05. The molecule has 3 rings (SSSR count). The lowest BCUT2D eigenvalue weighted by Crippen LogP contribution is -2.13. The molecule has 0 saturated carbocycles. The Morgan fingerprint density at radius 3 is 2.14 bits per heavy atom. The summed E-state index contributed by atoms with van der Waals surface area (Å²) in [5, 5.41) is 11.2. The van der Waals surface area contributed by atoms with E-state index in [-0.39, 0.29) is 21.9 Å². The summed E-state index contributed by atoms with van der Waals surface area (Å²) in [6.07, 6.45) is 0. The third kappa shape index (κ3) is 4.54. The summed E-state index contributed by atoms with van der Waals surface area (Å²) in [6, 6.07) is 19.0. The molecule has 0 fully saturated rings. The van der Waals surface area contributed by atoms with Gasteiger partial charge in [0.2, 0.25) is 10.0 Å². The number of hydrogen-bond donors (Lipinski definition) is 0. The van der Waals surface area contributed by atoms with Gasteiger partial charge in [-0.1, -0.05) is 29.8 Å². The Kier molecular flexibility index (Phi) is 5.72. The minimum atomic E-state index is -3.67. The Labute approximate surface area is 166 Å². The van der Waals surface area contributed by atoms with Crippen molar-refractivity contribution in [2.75, 3.05) is 0 Å². The minimum Gasteiger partial charge on any atom is -0.392 e. The second-order valence-corrected chi connectivity index (χ2v) is 7.73. The van der Waals surface area contributed by atoms with Crippen LogP contribution in [0.3, 0.4) is 0 Å². The summed E-state index contributed by atoms with van der Waals surface area (Å²) in [5.41, 5.74) is 0.0964. The van der Waals surface area contributed by atoms with Crippen molar-refractivity contribution in [1.82, 2.24) is 0 Å². The number of benzene rings is 3. The predicted octanol–water partition coefficient (Wildman–Crippen LogP) is 4.91. The molecule has 0 N–H and O–H groups in total. The van der Waals surface area contributed by atoms with E-state index < -0.39 is 20.8 Å². The fourth-order valence-corrected chi connectivity index (χ4v) is 3.76. The molecule has 0 aliphatic carbocycles. The molecule has 0 saturated heterocycles. The van der Waals surface area contributed by atoms with Crippen molar-refractivity contribution >= 4 is 33.2 Å². The van der Waals surface area contributed by atoms with Crippen molar-refractivity contribution in [3.05, 3.63) is 99.6 Å². The van der Waals surface area contributed by atoms with Crippen molar-refractivity contribution in [3.63, 3.8) is 0 Å². The van der Waals surface area contributed by atoms with E-state index >= 15 is 0 Å². The van der Waals surface area contributed by atoms with Crippen molar-refractivity contribution in [2.24, 2.45) is 4.36 Å². The van der Waals surface area contributed by atoms with Crippen LogP contribution in [0, 0.1) is 10.1 Å². The first kappa shape index (κ1) is 19.5. The van der Waals surface area contributed by atoms with Crippen LogP contribution in [0.1, 0.15) is 10.4 Å². The number of halogens is 1. The molecule has 1 atom stereocenters. The number of hydrogen-bond acceptors (Lipinski definition) is 5. The SMILES string of the molecule is O=C(N=[S@@](=O)(Oc1ccc([N+](=O)[O-])cc1)c1ccc(Cl)cc1)c1ccccc1. The summed E-state index contributed by atoms with van der Waals surface area (Å²) in [7, 11) is -3.67. The first-order valence-electron chi connectivity index (χ1n) is 7.93. The summed E-state index contributed by atoms with van der Waals surface area (Å²) >= 11 is 5.88. The van der Waals surface area contributed by atoms with E-state index in [1.54, 1.807) is 30.3 Å². The smallest absolute Gasteiger partial charge is 0.287 e. The lowest BCUT2D eigenvalue weighted by Gasteiger charge is -2.12. The average Bonchev–Trinajstić information content (AvgIpc) is 2.69. The highest BCUT2D eigenvalue weighted by Crippen LogP contribution is 2.25. The standard InChI is InChI=1S/C19H13ClN2O5S/c20-15-6-12-18(13-7-15)28(26,21-19(23)14-4-2-1-3-5-14)27-17-10-8-16(9-11-17)22(24)25/h1-13H/t28-/m0/s1. The molecule has 0 bridgehead atoms. The zero-order valence-corrected chi connectivity index (χ0v) is 15.8. The first-order chi connectivity index (χ1) is 13.4. The molecule has 9 heteroatoms. The second kappa shape index (κ2) is 8.20. The number of carbonyl (C=O) groups excluding carboxylic acids is 1. The Morgan fingerprint density at radius 2 is 1.57 bits per heavy atom. The maximum atomic E-state index is 13.5. The number of nitro benzene ring substituents is 1. The van der Waals surface area contributed by atoms with Gasteiger partial charge in [0.15, 0.2) is 0 Å². The van der Waals surface area contributed by atoms with Crippen LogP contribution < -0.4 is 4.18 Å². The van der Waals surface area contributed by atoms with Crippen LogP contribution in [-0.2, 0) is 10.0 Å². The van der Waals surface area contributed by atoms with Gasteiger partial charge >= 0.3 is 0 Å². The van der Waals surface area contributed by atoms with Gasteiger partial charge in [-0.2, -0.15) is 0 Å². The molecule has 0 unspecified atom stereocenters. The highest BCUT2D eigenvalue weighted by Gasteiger charge is 2.19. The van der Waals surface area contributed by atoms with Gasteiger partial charge in [-0.3, -0.25) is 14.9 Å². The summed E-state index contributed by atoms with van der Waals surface area (Å²) in [4.78, 5) is 22.9. The molecule has 0 radical (unpaired) electrons. The van der Waals surface area contributed by atoms with Gasteiger partial charge in [0.1, 0.15) is 5.75 Å². The van der Waals surface area contributed by atoms with Gasteiger partial charge in [0, 0.05) is 22.7 Å². The van der Waals surface area contributed by atoms with E-state index in [0.717, 1.165) is 0 Å². The molecule has 0 heterocycles. The maximum absolute atomic E-state index is 13.5. The van der Waals surface area contributed by atoms with E-state index in [0.29, 0.717) is 5.02 Å². The number of nitrogens with zero attached hydrogens (tertiary/aromatic N) is 2. The van der Waals surface area contributed by atoms with Gasteiger partial charge in [0.25, 0.3) is 11.6 Å². The summed E-state index contributed by atoms with van der Waals surface area (Å²) in [6.45, 7) is 0. The molecule has 142 valence electrons. The van der Waals surface area contributed by atoms with Crippen molar-refractivity contribution in [3.8, 4) is 5.75 Å². The van der Waals surface area contributed by atoms with Crippen LogP contribution in [0.4, 0.5) is 5.69 Å². The fourth-order valence-electron chi connectivity index (χ4n) is 2.22. The molecule has 0 aliphatic rings. The molecule has 1 amide bonds. The monoisotopic (exact) mass is 416 g/mol. The fraction of sp³-hybridized carbons (Fsp3) is 0. The van der Waals surface area contributed by atoms with Gasteiger partial charge in [-0.25, -0.2) is 4.21 Å². The van der Waals surface area contributed by atoms with Gasteiger partial charge in [0.05, 0.1) is 9.82 Å². The van der Waals surface area contributed by atoms with Crippen LogP contribution in [0.25, 0.3) is 0 Å². The molecular weight excluding hydrogens is 404 g/mol. The molecular formula is C19H13ClN2O5S. The van der Waals surface area contributed by atoms with E-state index in [1.165, 1.54) is 48.5 Å². The Morgan fingerprint density at radius 1 is 0.964 bits per heavy atom. The third-order valence-corrected chi connectivity index (χ3v) is 5.54. The molecule has 28 heavy (non-hydrogen) atoms. The van der Waals surface area contributed by atoms with Crippen LogP contribution in [0.15, 0.2) is 88.1 Å². The predicted molar refractivity (Wildman–Crippen MR) is 105 cm³/mol. The largest absolute Gasteiger partial charge is 0.392 e. The van der Waals surface area contributed by atoms with Crippen molar-refractivity contribution in [2.45, 2.75) is 4.90 Å². The van der Waals surface area contributed by atoms with Crippen molar-refractivity contribution < 1.29 is 18.1 Å². The average molecular weight is 417 g/mol. The Hall–Kier alpha value is -3.23. The van der Waals surface area contributed by atoms with Crippen LogP contribution in [0.5, 0.6) is 5.75 Å². The molecule has 3 aromatic rings.